The third-order valence-electron chi connectivity index (χ3n) is 8.91. The van der Waals surface area contributed by atoms with Crippen LogP contribution in [0.4, 0.5) is 0 Å². The first-order valence-electron chi connectivity index (χ1n) is 11.2. The van der Waals surface area contributed by atoms with Gasteiger partial charge < -0.3 is 4.90 Å². The second-order valence-corrected chi connectivity index (χ2v) is 10.3. The van der Waals surface area contributed by atoms with Crippen molar-refractivity contribution in [1.82, 2.24) is 9.80 Å². The molecule has 3 saturated carbocycles. The molecule has 3 aliphatic carbocycles. The van der Waals surface area contributed by atoms with E-state index in [4.69, 9.17) is 0 Å². The van der Waals surface area contributed by atoms with Gasteiger partial charge in [0, 0.05) is 18.6 Å². The molecule has 2 nitrogen and oxygen atoms in total. The van der Waals surface area contributed by atoms with E-state index in [1.807, 2.05) is 0 Å². The molecule has 2 heteroatoms. The van der Waals surface area contributed by atoms with Crippen LogP contribution in [0.1, 0.15) is 89.9 Å². The highest BCUT2D eigenvalue weighted by Crippen LogP contribution is 2.54. The Morgan fingerprint density at radius 3 is 2.00 bits per heavy atom. The van der Waals surface area contributed by atoms with E-state index in [9.17, 15) is 0 Å². The monoisotopic (exact) mass is 330 g/mol. The maximum Gasteiger partial charge on any atom is 0.0101 e. The van der Waals surface area contributed by atoms with Crippen LogP contribution in [0.2, 0.25) is 0 Å². The molecule has 0 aromatic carbocycles. The summed E-state index contributed by atoms with van der Waals surface area (Å²) in [5, 5.41) is 0. The molecule has 2 spiro atoms. The van der Waals surface area contributed by atoms with Crippen molar-refractivity contribution < 1.29 is 0 Å². The van der Waals surface area contributed by atoms with Gasteiger partial charge in [0.1, 0.15) is 0 Å². The van der Waals surface area contributed by atoms with Crippen LogP contribution in [-0.2, 0) is 0 Å². The highest BCUT2D eigenvalue weighted by molar-refractivity contribution is 5.03. The smallest absolute Gasteiger partial charge is 0.0101 e. The van der Waals surface area contributed by atoms with Crippen LogP contribution < -0.4 is 0 Å². The zero-order chi connectivity index (χ0) is 16.0. The zero-order valence-corrected chi connectivity index (χ0v) is 15.8. The molecule has 3 unspecified atom stereocenters. The molecule has 5 fully saturated rings. The standard InChI is InChI=1S/C22H38N2/c1-4-13-23(14-5-1)19-7-11-22(17-19)12-15-24(18-22)20-6-10-21(16-20)8-2-3-9-21/h19-20H,1-18H2. The Labute approximate surface area is 149 Å². The topological polar surface area (TPSA) is 6.48 Å². The van der Waals surface area contributed by atoms with Crippen molar-refractivity contribution >= 4 is 0 Å². The maximum absolute atomic E-state index is 2.96. The zero-order valence-electron chi connectivity index (χ0n) is 15.8. The van der Waals surface area contributed by atoms with Crippen LogP contribution in [0.3, 0.4) is 0 Å². The quantitative estimate of drug-likeness (QED) is 0.715. The van der Waals surface area contributed by atoms with E-state index in [1.54, 1.807) is 25.7 Å². The van der Waals surface area contributed by atoms with Crippen LogP contribution in [-0.4, -0.2) is 48.1 Å². The lowest BCUT2D eigenvalue weighted by Gasteiger charge is -2.34. The third kappa shape index (κ3) is 2.86. The van der Waals surface area contributed by atoms with Gasteiger partial charge in [0.05, 0.1) is 0 Å². The van der Waals surface area contributed by atoms with E-state index >= 15 is 0 Å². The van der Waals surface area contributed by atoms with Gasteiger partial charge in [-0.25, -0.2) is 0 Å². The van der Waals surface area contributed by atoms with Crippen molar-refractivity contribution in [3.8, 4) is 0 Å². The highest BCUT2D eigenvalue weighted by atomic mass is 15.2. The van der Waals surface area contributed by atoms with Crippen molar-refractivity contribution in [2.75, 3.05) is 26.2 Å². The van der Waals surface area contributed by atoms with E-state index in [1.165, 1.54) is 90.4 Å². The lowest BCUT2D eigenvalue weighted by Crippen LogP contribution is -2.39. The summed E-state index contributed by atoms with van der Waals surface area (Å²) in [7, 11) is 0. The van der Waals surface area contributed by atoms with Crippen molar-refractivity contribution in [1.29, 1.82) is 0 Å². The summed E-state index contributed by atoms with van der Waals surface area (Å²) in [5.74, 6) is 0. The average molecular weight is 331 g/mol. The van der Waals surface area contributed by atoms with Crippen molar-refractivity contribution in [2.45, 2.75) is 102 Å². The second kappa shape index (κ2) is 6.27. The number of hydrogen-bond acceptors (Lipinski definition) is 2. The fourth-order valence-corrected chi connectivity index (χ4v) is 7.49. The third-order valence-corrected chi connectivity index (χ3v) is 8.91. The normalized spacial score (nSPS) is 43.5. The van der Waals surface area contributed by atoms with Gasteiger partial charge in [-0.2, -0.15) is 0 Å². The molecule has 24 heavy (non-hydrogen) atoms. The number of piperidine rings is 1. The van der Waals surface area contributed by atoms with Crippen LogP contribution in [0.15, 0.2) is 0 Å². The SMILES string of the molecule is C1CCN(C2CCC3(CCN(C4CCC5(CCCC5)C4)C3)C2)CC1. The molecule has 5 rings (SSSR count). The van der Waals surface area contributed by atoms with Gasteiger partial charge in [-0.3, -0.25) is 4.90 Å². The molecule has 0 N–H and O–H groups in total. The summed E-state index contributed by atoms with van der Waals surface area (Å²) in [6, 6.07) is 1.89. The van der Waals surface area contributed by atoms with E-state index in [0.717, 1.165) is 17.5 Å². The molecule has 2 heterocycles. The summed E-state index contributed by atoms with van der Waals surface area (Å²) in [6.45, 7) is 5.68. The van der Waals surface area contributed by atoms with Gasteiger partial charge in [0.2, 0.25) is 0 Å². The molecule has 3 atom stereocenters. The minimum absolute atomic E-state index is 0.716. The Bertz CT molecular complexity index is 449. The molecule has 0 amide bonds. The Morgan fingerprint density at radius 2 is 1.21 bits per heavy atom. The molecule has 136 valence electrons. The number of likely N-dealkylation sites (tertiary alicyclic amines) is 2. The van der Waals surface area contributed by atoms with Gasteiger partial charge >= 0.3 is 0 Å². The van der Waals surface area contributed by atoms with Gasteiger partial charge in [0.25, 0.3) is 0 Å². The summed E-state index contributed by atoms with van der Waals surface area (Å²) >= 11 is 0. The van der Waals surface area contributed by atoms with E-state index < -0.39 is 0 Å². The first-order valence-corrected chi connectivity index (χ1v) is 11.2. The second-order valence-electron chi connectivity index (χ2n) is 10.3. The molecule has 0 aromatic rings. The lowest BCUT2D eigenvalue weighted by atomic mass is 9.84. The predicted octanol–water partition coefficient (Wildman–Crippen LogP) is 4.83. The summed E-state index contributed by atoms with van der Waals surface area (Å²) in [5.41, 5.74) is 1.51. The van der Waals surface area contributed by atoms with Gasteiger partial charge in [-0.05, 0) is 101 Å². The van der Waals surface area contributed by atoms with Gasteiger partial charge in [-0.15, -0.1) is 0 Å². The fraction of sp³-hybridized carbons (Fsp3) is 1.00. The first kappa shape index (κ1) is 16.1. The Balaban J connectivity index is 1.18. The van der Waals surface area contributed by atoms with E-state index in [2.05, 4.69) is 9.80 Å². The Kier molecular flexibility index (Phi) is 4.21. The molecule has 2 saturated heterocycles. The Morgan fingerprint density at radius 1 is 0.542 bits per heavy atom. The molecular formula is C22H38N2. The van der Waals surface area contributed by atoms with Crippen molar-refractivity contribution in [3.05, 3.63) is 0 Å². The summed E-state index contributed by atoms with van der Waals surface area (Å²) < 4.78 is 0. The molecule has 0 radical (unpaired) electrons. The number of nitrogens with zero attached hydrogens (tertiary/aromatic N) is 2. The minimum Gasteiger partial charge on any atom is -0.300 e. The van der Waals surface area contributed by atoms with E-state index in [-0.39, 0.29) is 0 Å². The lowest BCUT2D eigenvalue weighted by molar-refractivity contribution is 0.145. The molecular weight excluding hydrogens is 292 g/mol. The van der Waals surface area contributed by atoms with Crippen LogP contribution in [0, 0.1) is 10.8 Å². The summed E-state index contributed by atoms with van der Waals surface area (Å²) in [6.07, 6.45) is 21.3. The van der Waals surface area contributed by atoms with Crippen LogP contribution >= 0.6 is 0 Å². The number of rotatable bonds is 2. The minimum atomic E-state index is 0.716. The fourth-order valence-electron chi connectivity index (χ4n) is 7.49. The van der Waals surface area contributed by atoms with Crippen LogP contribution in [0.5, 0.6) is 0 Å². The van der Waals surface area contributed by atoms with Crippen molar-refractivity contribution in [3.63, 3.8) is 0 Å². The van der Waals surface area contributed by atoms with Crippen molar-refractivity contribution in [2.24, 2.45) is 10.8 Å². The summed E-state index contributed by atoms with van der Waals surface area (Å²) in [4.78, 5) is 5.83. The van der Waals surface area contributed by atoms with Gasteiger partial charge in [0.15, 0.2) is 0 Å². The maximum atomic E-state index is 2.96. The molecule has 0 bridgehead atoms. The molecule has 0 aromatic heterocycles. The largest absolute Gasteiger partial charge is 0.300 e. The predicted molar refractivity (Wildman–Crippen MR) is 100 cm³/mol. The highest BCUT2D eigenvalue weighted by Gasteiger charge is 2.49. The first-order chi connectivity index (χ1) is 11.8. The Hall–Kier alpha value is -0.0800. The molecule has 5 aliphatic rings. The average Bonchev–Trinajstić information content (AvgIpc) is 3.40. The van der Waals surface area contributed by atoms with Crippen LogP contribution in [0.25, 0.3) is 0 Å². The van der Waals surface area contributed by atoms with E-state index in [0.29, 0.717) is 5.41 Å². The van der Waals surface area contributed by atoms with Gasteiger partial charge in [-0.1, -0.05) is 19.3 Å². The number of hydrogen-bond donors (Lipinski definition) is 0. The molecule has 2 aliphatic heterocycles.